The molecule has 17 heavy (non-hydrogen) atoms. The van der Waals surface area contributed by atoms with E-state index in [0.717, 1.165) is 6.07 Å². The van der Waals surface area contributed by atoms with Gasteiger partial charge in [-0.1, -0.05) is 0 Å². The lowest BCUT2D eigenvalue weighted by molar-refractivity contribution is -0.140. The second-order valence-corrected chi connectivity index (χ2v) is 3.33. The highest BCUT2D eigenvalue weighted by atomic mass is 16.5. The summed E-state index contributed by atoms with van der Waals surface area (Å²) in [5.41, 5.74) is -0.149. The number of carbonyl (C=O) groups excluding carboxylic acids is 2. The van der Waals surface area contributed by atoms with Crippen molar-refractivity contribution in [3.05, 3.63) is 17.7 Å². The topological polar surface area (TPSA) is 104 Å². The SMILES string of the molecule is COC(=O)CCC(=O)c1ccc(O)c(O)c1O. The van der Waals surface area contributed by atoms with Crippen molar-refractivity contribution in [3.8, 4) is 17.2 Å². The molecule has 0 spiro atoms. The number of hydrogen-bond donors (Lipinski definition) is 3. The number of phenols is 3. The second-order valence-electron chi connectivity index (χ2n) is 3.33. The number of ketones is 1. The summed E-state index contributed by atoms with van der Waals surface area (Å²) in [4.78, 5) is 22.4. The van der Waals surface area contributed by atoms with Crippen LogP contribution in [0.5, 0.6) is 17.2 Å². The molecule has 6 heteroatoms. The highest BCUT2D eigenvalue weighted by Crippen LogP contribution is 2.37. The molecule has 1 aromatic carbocycles. The van der Waals surface area contributed by atoms with Gasteiger partial charge in [0.05, 0.1) is 19.1 Å². The maximum Gasteiger partial charge on any atom is 0.305 e. The van der Waals surface area contributed by atoms with E-state index >= 15 is 0 Å². The number of methoxy groups -OCH3 is 1. The monoisotopic (exact) mass is 240 g/mol. The molecule has 92 valence electrons. The van der Waals surface area contributed by atoms with Gasteiger partial charge in [0.15, 0.2) is 17.3 Å². The van der Waals surface area contributed by atoms with Crippen LogP contribution in [-0.2, 0) is 9.53 Å². The zero-order valence-corrected chi connectivity index (χ0v) is 9.14. The maximum atomic E-state index is 11.6. The van der Waals surface area contributed by atoms with Gasteiger partial charge in [-0.05, 0) is 12.1 Å². The molecule has 0 fully saturated rings. The van der Waals surface area contributed by atoms with Crippen molar-refractivity contribution in [2.45, 2.75) is 12.8 Å². The first-order valence-electron chi connectivity index (χ1n) is 4.81. The highest BCUT2D eigenvalue weighted by Gasteiger charge is 2.17. The minimum atomic E-state index is -0.756. The van der Waals surface area contributed by atoms with E-state index in [1.807, 2.05) is 0 Å². The third kappa shape index (κ3) is 2.87. The van der Waals surface area contributed by atoms with E-state index in [-0.39, 0.29) is 18.4 Å². The van der Waals surface area contributed by atoms with Crippen molar-refractivity contribution < 1.29 is 29.6 Å². The van der Waals surface area contributed by atoms with Crippen LogP contribution in [0.25, 0.3) is 0 Å². The Labute approximate surface area is 97.1 Å². The smallest absolute Gasteiger partial charge is 0.305 e. The number of Topliss-reactive ketones (excluding diaryl/α,β-unsaturated/α-hetero) is 1. The van der Waals surface area contributed by atoms with E-state index in [1.54, 1.807) is 0 Å². The van der Waals surface area contributed by atoms with Gasteiger partial charge < -0.3 is 20.1 Å². The molecule has 3 N–H and O–H groups in total. The zero-order valence-electron chi connectivity index (χ0n) is 9.14. The van der Waals surface area contributed by atoms with E-state index < -0.39 is 29.0 Å². The molecular weight excluding hydrogens is 228 g/mol. The van der Waals surface area contributed by atoms with Gasteiger partial charge in [0.2, 0.25) is 5.75 Å². The van der Waals surface area contributed by atoms with E-state index in [0.29, 0.717) is 0 Å². The summed E-state index contributed by atoms with van der Waals surface area (Å²) in [5, 5.41) is 27.7. The molecule has 0 saturated carbocycles. The summed E-state index contributed by atoms with van der Waals surface area (Å²) >= 11 is 0. The first-order valence-corrected chi connectivity index (χ1v) is 4.81. The van der Waals surface area contributed by atoms with Crippen molar-refractivity contribution in [1.82, 2.24) is 0 Å². The second kappa shape index (κ2) is 5.20. The van der Waals surface area contributed by atoms with Crippen molar-refractivity contribution in [2.75, 3.05) is 7.11 Å². The third-order valence-corrected chi connectivity index (χ3v) is 2.21. The minimum Gasteiger partial charge on any atom is -0.504 e. The van der Waals surface area contributed by atoms with E-state index in [2.05, 4.69) is 4.74 Å². The molecule has 0 unspecified atom stereocenters. The molecule has 0 radical (unpaired) electrons. The number of esters is 1. The van der Waals surface area contributed by atoms with Crippen LogP contribution in [0.15, 0.2) is 12.1 Å². The first-order chi connectivity index (χ1) is 7.97. The predicted molar refractivity (Wildman–Crippen MR) is 57.0 cm³/mol. The Morgan fingerprint density at radius 2 is 1.76 bits per heavy atom. The van der Waals surface area contributed by atoms with Gasteiger partial charge in [0.25, 0.3) is 0 Å². The van der Waals surface area contributed by atoms with Crippen molar-refractivity contribution in [1.29, 1.82) is 0 Å². The summed E-state index contributed by atoms with van der Waals surface area (Å²) in [6.07, 6.45) is -0.263. The summed E-state index contributed by atoms with van der Waals surface area (Å²) in [6, 6.07) is 2.25. The molecule has 0 aliphatic carbocycles. The average molecular weight is 240 g/mol. The minimum absolute atomic E-state index is 0.115. The van der Waals surface area contributed by atoms with Crippen LogP contribution in [0.2, 0.25) is 0 Å². The van der Waals surface area contributed by atoms with Crippen LogP contribution in [0.3, 0.4) is 0 Å². The summed E-state index contributed by atoms with van der Waals surface area (Å²) in [5.74, 6) is -3.04. The molecular formula is C11H12O6. The van der Waals surface area contributed by atoms with E-state index in [1.165, 1.54) is 13.2 Å². The van der Waals surface area contributed by atoms with Crippen LogP contribution >= 0.6 is 0 Å². The molecule has 0 atom stereocenters. The number of hydrogen-bond acceptors (Lipinski definition) is 6. The molecule has 0 aromatic heterocycles. The van der Waals surface area contributed by atoms with Gasteiger partial charge in [-0.2, -0.15) is 0 Å². The fraction of sp³-hybridized carbons (Fsp3) is 0.273. The molecule has 1 aromatic rings. The molecule has 0 aliphatic heterocycles. The number of carbonyl (C=O) groups is 2. The van der Waals surface area contributed by atoms with Crippen LogP contribution in [0.4, 0.5) is 0 Å². The normalized spacial score (nSPS) is 9.94. The number of rotatable bonds is 4. The summed E-state index contributed by atoms with van der Waals surface area (Å²) in [7, 11) is 1.21. The molecule has 0 amide bonds. The lowest BCUT2D eigenvalue weighted by Crippen LogP contribution is -2.06. The lowest BCUT2D eigenvalue weighted by Gasteiger charge is -2.06. The fourth-order valence-electron chi connectivity index (χ4n) is 1.25. The quantitative estimate of drug-likeness (QED) is 0.411. The number of phenolic OH excluding ortho intramolecular Hbond substituents is 3. The summed E-state index contributed by atoms with van der Waals surface area (Å²) in [6.45, 7) is 0. The Kier molecular flexibility index (Phi) is 3.92. The van der Waals surface area contributed by atoms with Crippen LogP contribution in [0, 0.1) is 0 Å². The first kappa shape index (κ1) is 12.8. The number of benzene rings is 1. The molecule has 0 aliphatic rings. The molecule has 6 nitrogen and oxygen atoms in total. The number of ether oxygens (including phenoxy) is 1. The van der Waals surface area contributed by atoms with Gasteiger partial charge in [-0.3, -0.25) is 9.59 Å². The molecule has 0 saturated heterocycles. The highest BCUT2D eigenvalue weighted by molar-refractivity contribution is 6.00. The van der Waals surface area contributed by atoms with Gasteiger partial charge in [0, 0.05) is 6.42 Å². The number of aromatic hydroxyl groups is 3. The average Bonchev–Trinajstić information content (AvgIpc) is 2.32. The van der Waals surface area contributed by atoms with Crippen molar-refractivity contribution in [2.24, 2.45) is 0 Å². The standard InChI is InChI=1S/C11H12O6/c1-17-9(14)5-4-7(12)6-2-3-8(13)11(16)10(6)15/h2-3,13,15-16H,4-5H2,1H3. The lowest BCUT2D eigenvalue weighted by atomic mass is 10.0. The Balaban J connectivity index is 2.83. The predicted octanol–water partition coefficient (Wildman–Crippen LogP) is 0.939. The molecule has 1 rings (SSSR count). The van der Waals surface area contributed by atoms with Gasteiger partial charge in [0.1, 0.15) is 0 Å². The Morgan fingerprint density at radius 3 is 2.35 bits per heavy atom. The Bertz CT molecular complexity index is 452. The Hall–Kier alpha value is -2.24. The van der Waals surface area contributed by atoms with E-state index in [9.17, 15) is 19.8 Å². The van der Waals surface area contributed by atoms with Crippen LogP contribution < -0.4 is 0 Å². The van der Waals surface area contributed by atoms with Crippen molar-refractivity contribution >= 4 is 11.8 Å². The summed E-state index contributed by atoms with van der Waals surface area (Å²) < 4.78 is 4.37. The molecule has 0 bridgehead atoms. The van der Waals surface area contributed by atoms with Crippen molar-refractivity contribution in [3.63, 3.8) is 0 Å². The Morgan fingerprint density at radius 1 is 1.12 bits per heavy atom. The molecule has 0 heterocycles. The van der Waals surface area contributed by atoms with Crippen LogP contribution in [0.1, 0.15) is 23.2 Å². The van der Waals surface area contributed by atoms with E-state index in [4.69, 9.17) is 5.11 Å². The van der Waals surface area contributed by atoms with Crippen LogP contribution in [-0.4, -0.2) is 34.2 Å². The van der Waals surface area contributed by atoms with Gasteiger partial charge >= 0.3 is 5.97 Å². The zero-order chi connectivity index (χ0) is 13.0. The van der Waals surface area contributed by atoms with Gasteiger partial charge in [-0.15, -0.1) is 0 Å². The van der Waals surface area contributed by atoms with Gasteiger partial charge in [-0.25, -0.2) is 0 Å². The third-order valence-electron chi connectivity index (χ3n) is 2.21. The fourth-order valence-corrected chi connectivity index (χ4v) is 1.25. The maximum absolute atomic E-state index is 11.6. The largest absolute Gasteiger partial charge is 0.504 e.